The molecule has 0 aromatic carbocycles. The highest BCUT2D eigenvalue weighted by Crippen LogP contribution is 2.15. The van der Waals surface area contributed by atoms with E-state index in [-0.39, 0.29) is 31.1 Å². The fourth-order valence-electron chi connectivity index (χ4n) is 8.17. The van der Waals surface area contributed by atoms with Gasteiger partial charge >= 0.3 is 17.9 Å². The molecule has 0 saturated carbocycles. The second-order valence-electron chi connectivity index (χ2n) is 19.5. The SMILES string of the molecule is CCCC/C=C\CCCCCCCC(=O)O[C@H](COC(=O)CCCCC/C=C\C/C=C\C/C=C\C/C=C\CCCCC)COC(=O)CCCCCCCCCCCCC/C=C\CCCCCCCC. The molecule has 0 aliphatic rings. The lowest BCUT2D eigenvalue weighted by atomic mass is 10.0. The smallest absolute Gasteiger partial charge is 0.306 e. The highest BCUT2D eigenvalue weighted by molar-refractivity contribution is 5.71. The molecule has 0 fully saturated rings. The third-order valence-electron chi connectivity index (χ3n) is 12.7. The van der Waals surface area contributed by atoms with Gasteiger partial charge in [-0.1, -0.05) is 235 Å². The predicted molar refractivity (Wildman–Crippen MR) is 298 cm³/mol. The number of carbonyl (C=O) groups excluding carboxylic acids is 3. The Labute approximate surface area is 427 Å². The summed E-state index contributed by atoms with van der Waals surface area (Å²) in [5.41, 5.74) is 0. The molecule has 0 unspecified atom stereocenters. The predicted octanol–water partition coefficient (Wildman–Crippen LogP) is 19.8. The van der Waals surface area contributed by atoms with Crippen LogP contribution in [0.1, 0.15) is 290 Å². The summed E-state index contributed by atoms with van der Waals surface area (Å²) in [5, 5.41) is 0. The lowest BCUT2D eigenvalue weighted by molar-refractivity contribution is -0.167. The molecule has 0 amide bonds. The van der Waals surface area contributed by atoms with Crippen LogP contribution in [0.4, 0.5) is 0 Å². The van der Waals surface area contributed by atoms with E-state index < -0.39 is 6.10 Å². The first-order valence-corrected chi connectivity index (χ1v) is 29.4. The molecule has 0 bridgehead atoms. The van der Waals surface area contributed by atoms with Gasteiger partial charge in [0.15, 0.2) is 6.10 Å². The minimum atomic E-state index is -0.793. The monoisotopic (exact) mass is 963 g/mol. The van der Waals surface area contributed by atoms with E-state index in [1.54, 1.807) is 0 Å². The van der Waals surface area contributed by atoms with Crippen LogP contribution in [-0.4, -0.2) is 37.2 Å². The zero-order valence-electron chi connectivity index (χ0n) is 45.6. The third-order valence-corrected chi connectivity index (χ3v) is 12.7. The van der Waals surface area contributed by atoms with Gasteiger partial charge in [0, 0.05) is 19.3 Å². The topological polar surface area (TPSA) is 78.9 Å². The maximum absolute atomic E-state index is 12.8. The lowest BCUT2D eigenvalue weighted by Crippen LogP contribution is -2.30. The average molecular weight is 964 g/mol. The number of carbonyl (C=O) groups is 3. The number of ether oxygens (including phenoxy) is 3. The molecule has 0 heterocycles. The Morgan fingerprint density at radius 2 is 0.536 bits per heavy atom. The molecule has 1 atom stereocenters. The van der Waals surface area contributed by atoms with E-state index in [0.29, 0.717) is 19.3 Å². The van der Waals surface area contributed by atoms with Crippen molar-refractivity contribution in [3.63, 3.8) is 0 Å². The zero-order chi connectivity index (χ0) is 50.0. The molecule has 398 valence electrons. The fraction of sp³-hybridized carbons (Fsp3) is 0.762. The molecule has 0 aromatic heterocycles. The van der Waals surface area contributed by atoms with Crippen molar-refractivity contribution in [1.29, 1.82) is 0 Å². The van der Waals surface area contributed by atoms with Crippen LogP contribution in [0.25, 0.3) is 0 Å². The van der Waals surface area contributed by atoms with Gasteiger partial charge in [-0.3, -0.25) is 14.4 Å². The van der Waals surface area contributed by atoms with Gasteiger partial charge in [-0.25, -0.2) is 0 Å². The van der Waals surface area contributed by atoms with Crippen LogP contribution in [0.3, 0.4) is 0 Å². The van der Waals surface area contributed by atoms with Crippen LogP contribution in [0, 0.1) is 0 Å². The van der Waals surface area contributed by atoms with Crippen LogP contribution < -0.4 is 0 Å². The van der Waals surface area contributed by atoms with E-state index >= 15 is 0 Å². The van der Waals surface area contributed by atoms with Gasteiger partial charge in [0.1, 0.15) is 13.2 Å². The molecule has 0 saturated heterocycles. The molecule has 0 aliphatic carbocycles. The zero-order valence-corrected chi connectivity index (χ0v) is 45.6. The van der Waals surface area contributed by atoms with Crippen molar-refractivity contribution in [1.82, 2.24) is 0 Å². The number of allylic oxidation sites excluding steroid dienone is 12. The lowest BCUT2D eigenvalue weighted by Gasteiger charge is -2.18. The largest absolute Gasteiger partial charge is 0.462 e. The second kappa shape index (κ2) is 57.4. The fourth-order valence-corrected chi connectivity index (χ4v) is 8.17. The Balaban J connectivity index is 4.34. The molecule has 69 heavy (non-hydrogen) atoms. The third kappa shape index (κ3) is 55.6. The van der Waals surface area contributed by atoms with Crippen molar-refractivity contribution < 1.29 is 28.6 Å². The minimum Gasteiger partial charge on any atom is -0.462 e. The highest BCUT2D eigenvalue weighted by atomic mass is 16.6. The van der Waals surface area contributed by atoms with Crippen molar-refractivity contribution in [2.45, 2.75) is 297 Å². The van der Waals surface area contributed by atoms with Crippen LogP contribution in [-0.2, 0) is 28.6 Å². The molecule has 0 spiro atoms. The standard InChI is InChI=1S/C63H110O6/c1-4-7-10-13-16-19-22-24-26-28-30-31-33-35-37-39-42-44-47-50-53-56-62(65)68-59-60(69-63(66)57-54-51-48-45-40-21-18-15-12-9-6-3)58-67-61(64)55-52-49-46-43-41-38-36-34-32-29-27-25-23-20-17-14-11-8-5-2/h15,17-18,20,24-27,32,34,38,41,60H,4-14,16,19,21-23,28-31,33,35-37,39-40,42-59H2,1-3H3/b18-15-,20-17-,26-24-,27-25-,34-32-,41-38-/t60-/m1/s1. The maximum Gasteiger partial charge on any atom is 0.306 e. The van der Waals surface area contributed by atoms with Crippen molar-refractivity contribution in [3.05, 3.63) is 72.9 Å². The van der Waals surface area contributed by atoms with E-state index in [9.17, 15) is 14.4 Å². The molecule has 6 heteroatoms. The Hall–Kier alpha value is -3.15. The Morgan fingerprint density at radius 3 is 0.913 bits per heavy atom. The molecule has 0 N–H and O–H groups in total. The summed E-state index contributed by atoms with van der Waals surface area (Å²) in [7, 11) is 0. The molecule has 0 radical (unpaired) electrons. The van der Waals surface area contributed by atoms with Crippen molar-refractivity contribution >= 4 is 17.9 Å². The summed E-state index contributed by atoms with van der Waals surface area (Å²) in [6.45, 7) is 6.55. The number of esters is 3. The van der Waals surface area contributed by atoms with E-state index in [4.69, 9.17) is 14.2 Å². The summed E-state index contributed by atoms with van der Waals surface area (Å²) >= 11 is 0. The summed E-state index contributed by atoms with van der Waals surface area (Å²) in [6.07, 6.45) is 73.3. The summed E-state index contributed by atoms with van der Waals surface area (Å²) in [5.74, 6) is -0.924. The highest BCUT2D eigenvalue weighted by Gasteiger charge is 2.19. The average Bonchev–Trinajstić information content (AvgIpc) is 3.35. The normalized spacial score (nSPS) is 12.6. The van der Waals surface area contributed by atoms with Crippen LogP contribution in [0.2, 0.25) is 0 Å². The molecule has 0 aromatic rings. The number of hydrogen-bond acceptors (Lipinski definition) is 6. The molecular weight excluding hydrogens is 853 g/mol. The Bertz CT molecular complexity index is 1290. The van der Waals surface area contributed by atoms with Gasteiger partial charge in [-0.2, -0.15) is 0 Å². The Kier molecular flexibility index (Phi) is 54.8. The summed E-state index contributed by atoms with van der Waals surface area (Å²) < 4.78 is 16.8. The minimum absolute atomic E-state index is 0.0886. The van der Waals surface area contributed by atoms with E-state index in [0.717, 1.165) is 96.3 Å². The number of unbranched alkanes of at least 4 members (excludes halogenated alkanes) is 30. The van der Waals surface area contributed by atoms with E-state index in [1.165, 1.54) is 154 Å². The van der Waals surface area contributed by atoms with Crippen molar-refractivity contribution in [2.75, 3.05) is 13.2 Å². The van der Waals surface area contributed by atoms with Gasteiger partial charge in [0.05, 0.1) is 0 Å². The van der Waals surface area contributed by atoms with Crippen LogP contribution in [0.15, 0.2) is 72.9 Å². The second-order valence-corrected chi connectivity index (χ2v) is 19.5. The van der Waals surface area contributed by atoms with Gasteiger partial charge in [0.25, 0.3) is 0 Å². The van der Waals surface area contributed by atoms with Crippen molar-refractivity contribution in [2.24, 2.45) is 0 Å². The van der Waals surface area contributed by atoms with Crippen LogP contribution in [0.5, 0.6) is 0 Å². The first-order chi connectivity index (χ1) is 34.0. The maximum atomic E-state index is 12.8. The molecule has 6 nitrogen and oxygen atoms in total. The number of rotatable bonds is 53. The quantitative estimate of drug-likeness (QED) is 0.0262. The number of hydrogen-bond donors (Lipinski definition) is 0. The van der Waals surface area contributed by atoms with Gasteiger partial charge < -0.3 is 14.2 Å². The molecular formula is C63H110O6. The molecule has 0 aliphatic heterocycles. The van der Waals surface area contributed by atoms with Crippen LogP contribution >= 0.6 is 0 Å². The summed E-state index contributed by atoms with van der Waals surface area (Å²) in [4.78, 5) is 38.1. The van der Waals surface area contributed by atoms with Crippen molar-refractivity contribution in [3.8, 4) is 0 Å². The van der Waals surface area contributed by atoms with Gasteiger partial charge in [-0.15, -0.1) is 0 Å². The summed E-state index contributed by atoms with van der Waals surface area (Å²) in [6, 6.07) is 0. The van der Waals surface area contributed by atoms with E-state index in [2.05, 4.69) is 93.7 Å². The van der Waals surface area contributed by atoms with E-state index in [1.807, 2.05) is 0 Å². The Morgan fingerprint density at radius 1 is 0.290 bits per heavy atom. The van der Waals surface area contributed by atoms with Gasteiger partial charge in [-0.05, 0) is 109 Å². The first-order valence-electron chi connectivity index (χ1n) is 29.4. The first kappa shape index (κ1) is 65.8. The van der Waals surface area contributed by atoms with Gasteiger partial charge in [0.2, 0.25) is 0 Å². The molecule has 0 rings (SSSR count).